The maximum absolute atomic E-state index is 12.5. The summed E-state index contributed by atoms with van der Waals surface area (Å²) in [7, 11) is 1.92. The highest BCUT2D eigenvalue weighted by Gasteiger charge is 2.18. The fraction of sp³-hybridized carbons (Fsp3) is 0.222. The molecular formula is C18H20N4O2. The van der Waals surface area contributed by atoms with Crippen molar-refractivity contribution in [2.75, 3.05) is 12.4 Å². The van der Waals surface area contributed by atoms with Crippen LogP contribution in [-0.2, 0) is 11.3 Å². The summed E-state index contributed by atoms with van der Waals surface area (Å²) in [6.45, 7) is 2.56. The Bertz CT molecular complexity index is 898. The zero-order valence-corrected chi connectivity index (χ0v) is 13.7. The summed E-state index contributed by atoms with van der Waals surface area (Å²) in [5.74, 6) is -0.0920. The number of carbonyl (C=O) groups is 1. The molecular weight excluding hydrogens is 304 g/mol. The Kier molecular flexibility index (Phi) is 4.48. The van der Waals surface area contributed by atoms with Crippen LogP contribution in [0, 0.1) is 0 Å². The van der Waals surface area contributed by atoms with E-state index in [0.717, 1.165) is 5.56 Å². The van der Waals surface area contributed by atoms with Crippen molar-refractivity contribution in [3.63, 3.8) is 0 Å². The van der Waals surface area contributed by atoms with Gasteiger partial charge in [0.1, 0.15) is 0 Å². The van der Waals surface area contributed by atoms with Crippen LogP contribution in [0.1, 0.15) is 12.5 Å². The van der Waals surface area contributed by atoms with Crippen LogP contribution in [0.15, 0.2) is 53.3 Å². The summed E-state index contributed by atoms with van der Waals surface area (Å²) in [5, 5.41) is 2.89. The maximum atomic E-state index is 12.5. The molecule has 1 amide bonds. The van der Waals surface area contributed by atoms with Crippen molar-refractivity contribution in [1.29, 1.82) is 0 Å². The number of amides is 1. The van der Waals surface area contributed by atoms with Crippen molar-refractivity contribution in [1.82, 2.24) is 14.9 Å². The SMILES string of the molecule is C[C@@H](C(=O)Nc1ccc2[nH]c(=O)[nH]c2c1)N(C)Cc1ccccc1. The van der Waals surface area contributed by atoms with Gasteiger partial charge in [-0.05, 0) is 37.7 Å². The van der Waals surface area contributed by atoms with Gasteiger partial charge in [0, 0.05) is 12.2 Å². The van der Waals surface area contributed by atoms with Gasteiger partial charge in [0.2, 0.25) is 5.91 Å². The first-order valence-electron chi connectivity index (χ1n) is 7.80. The number of fused-ring (bicyclic) bond motifs is 1. The summed E-state index contributed by atoms with van der Waals surface area (Å²) in [6.07, 6.45) is 0. The van der Waals surface area contributed by atoms with Crippen molar-refractivity contribution >= 4 is 22.6 Å². The number of likely N-dealkylation sites (N-methyl/N-ethyl adjacent to an activating group) is 1. The van der Waals surface area contributed by atoms with Gasteiger partial charge in [0.05, 0.1) is 17.1 Å². The van der Waals surface area contributed by atoms with Crippen molar-refractivity contribution in [3.05, 3.63) is 64.6 Å². The number of imidazole rings is 1. The van der Waals surface area contributed by atoms with Gasteiger partial charge >= 0.3 is 5.69 Å². The van der Waals surface area contributed by atoms with E-state index in [1.807, 2.05) is 49.2 Å². The fourth-order valence-corrected chi connectivity index (χ4v) is 2.57. The smallest absolute Gasteiger partial charge is 0.323 e. The van der Waals surface area contributed by atoms with Crippen LogP contribution >= 0.6 is 0 Å². The summed E-state index contributed by atoms with van der Waals surface area (Å²) < 4.78 is 0. The van der Waals surface area contributed by atoms with Crippen LogP contribution < -0.4 is 11.0 Å². The van der Waals surface area contributed by atoms with Crippen LogP contribution in [0.25, 0.3) is 11.0 Å². The van der Waals surface area contributed by atoms with Gasteiger partial charge in [0.25, 0.3) is 0 Å². The number of aromatic amines is 2. The molecule has 6 heteroatoms. The predicted octanol–water partition coefficient (Wildman–Crippen LogP) is 2.32. The highest BCUT2D eigenvalue weighted by Crippen LogP contribution is 2.15. The third-order valence-corrected chi connectivity index (χ3v) is 4.10. The lowest BCUT2D eigenvalue weighted by Crippen LogP contribution is -2.39. The van der Waals surface area contributed by atoms with E-state index in [-0.39, 0.29) is 17.6 Å². The van der Waals surface area contributed by atoms with E-state index in [1.54, 1.807) is 18.2 Å². The summed E-state index contributed by atoms with van der Waals surface area (Å²) in [4.78, 5) is 31.1. The molecule has 3 aromatic rings. The van der Waals surface area contributed by atoms with Gasteiger partial charge in [0.15, 0.2) is 0 Å². The van der Waals surface area contributed by atoms with Crippen LogP contribution in [0.4, 0.5) is 5.69 Å². The van der Waals surface area contributed by atoms with E-state index < -0.39 is 0 Å². The number of nitrogens with one attached hydrogen (secondary N) is 3. The monoisotopic (exact) mass is 324 g/mol. The first-order chi connectivity index (χ1) is 11.5. The van der Waals surface area contributed by atoms with E-state index in [1.165, 1.54) is 0 Å². The van der Waals surface area contributed by atoms with Crippen molar-refractivity contribution in [3.8, 4) is 0 Å². The molecule has 0 aliphatic rings. The summed E-state index contributed by atoms with van der Waals surface area (Å²) >= 11 is 0. The highest BCUT2D eigenvalue weighted by atomic mass is 16.2. The molecule has 0 bridgehead atoms. The molecule has 0 spiro atoms. The van der Waals surface area contributed by atoms with E-state index in [0.29, 0.717) is 23.3 Å². The zero-order valence-electron chi connectivity index (χ0n) is 13.7. The number of hydrogen-bond donors (Lipinski definition) is 3. The van der Waals surface area contributed by atoms with E-state index in [9.17, 15) is 9.59 Å². The Balaban J connectivity index is 1.67. The van der Waals surface area contributed by atoms with Crippen LogP contribution in [0.3, 0.4) is 0 Å². The van der Waals surface area contributed by atoms with E-state index >= 15 is 0 Å². The number of hydrogen-bond acceptors (Lipinski definition) is 3. The molecule has 0 aliphatic heterocycles. The number of carbonyl (C=O) groups excluding carboxylic acids is 1. The Morgan fingerprint density at radius 3 is 2.58 bits per heavy atom. The number of rotatable bonds is 5. The Morgan fingerprint density at radius 2 is 1.83 bits per heavy atom. The molecule has 1 heterocycles. The first-order valence-corrected chi connectivity index (χ1v) is 7.80. The number of nitrogens with zero attached hydrogens (tertiary/aromatic N) is 1. The van der Waals surface area contributed by atoms with E-state index in [2.05, 4.69) is 15.3 Å². The maximum Gasteiger partial charge on any atom is 0.323 e. The predicted molar refractivity (Wildman–Crippen MR) is 94.9 cm³/mol. The Morgan fingerprint density at radius 1 is 1.12 bits per heavy atom. The third-order valence-electron chi connectivity index (χ3n) is 4.10. The second-order valence-corrected chi connectivity index (χ2v) is 5.91. The fourth-order valence-electron chi connectivity index (χ4n) is 2.57. The minimum absolute atomic E-state index is 0.0920. The topological polar surface area (TPSA) is 81.0 Å². The molecule has 0 fully saturated rings. The molecule has 124 valence electrons. The zero-order chi connectivity index (χ0) is 17.1. The summed E-state index contributed by atoms with van der Waals surface area (Å²) in [5.41, 5.74) is 2.94. The molecule has 0 radical (unpaired) electrons. The number of H-pyrrole nitrogens is 2. The molecule has 3 N–H and O–H groups in total. The molecule has 6 nitrogen and oxygen atoms in total. The third kappa shape index (κ3) is 3.55. The van der Waals surface area contributed by atoms with Gasteiger partial charge in [-0.15, -0.1) is 0 Å². The van der Waals surface area contributed by atoms with Gasteiger partial charge in [-0.2, -0.15) is 0 Å². The average molecular weight is 324 g/mol. The number of anilines is 1. The Labute approximate surface area is 139 Å². The molecule has 0 saturated carbocycles. The van der Waals surface area contributed by atoms with E-state index in [4.69, 9.17) is 0 Å². The molecule has 1 aromatic heterocycles. The molecule has 0 saturated heterocycles. The summed E-state index contributed by atoms with van der Waals surface area (Å²) in [6, 6.07) is 15.0. The highest BCUT2D eigenvalue weighted by molar-refractivity contribution is 5.96. The van der Waals surface area contributed by atoms with Crippen LogP contribution in [0.5, 0.6) is 0 Å². The lowest BCUT2D eigenvalue weighted by molar-refractivity contribution is -0.120. The molecule has 0 unspecified atom stereocenters. The minimum atomic E-state index is -0.286. The number of aromatic nitrogens is 2. The lowest BCUT2D eigenvalue weighted by atomic mass is 10.2. The van der Waals surface area contributed by atoms with Crippen LogP contribution in [-0.4, -0.2) is 33.9 Å². The molecule has 3 rings (SSSR count). The lowest BCUT2D eigenvalue weighted by Gasteiger charge is -2.24. The van der Waals surface area contributed by atoms with Gasteiger partial charge in [-0.3, -0.25) is 9.69 Å². The second kappa shape index (κ2) is 6.72. The standard InChI is InChI=1S/C18H20N4O2/c1-12(22(2)11-13-6-4-3-5-7-13)17(23)19-14-8-9-15-16(10-14)21-18(24)20-15/h3-10,12H,11H2,1-2H3,(H,19,23)(H2,20,21,24)/t12-/m0/s1. The average Bonchev–Trinajstić information content (AvgIpc) is 2.94. The second-order valence-electron chi connectivity index (χ2n) is 5.91. The normalized spacial score (nSPS) is 12.5. The van der Waals surface area contributed by atoms with Crippen LogP contribution in [0.2, 0.25) is 0 Å². The van der Waals surface area contributed by atoms with Gasteiger partial charge < -0.3 is 15.3 Å². The van der Waals surface area contributed by atoms with Crippen molar-refractivity contribution in [2.24, 2.45) is 0 Å². The quantitative estimate of drug-likeness (QED) is 0.674. The molecule has 2 aromatic carbocycles. The molecule has 24 heavy (non-hydrogen) atoms. The van der Waals surface area contributed by atoms with Gasteiger partial charge in [-0.25, -0.2) is 4.79 Å². The minimum Gasteiger partial charge on any atom is -0.325 e. The number of benzene rings is 2. The largest absolute Gasteiger partial charge is 0.325 e. The molecule has 1 atom stereocenters. The first kappa shape index (κ1) is 16.0. The van der Waals surface area contributed by atoms with Crippen molar-refractivity contribution in [2.45, 2.75) is 19.5 Å². The molecule has 0 aliphatic carbocycles. The van der Waals surface area contributed by atoms with Gasteiger partial charge in [-0.1, -0.05) is 30.3 Å². The van der Waals surface area contributed by atoms with Crippen molar-refractivity contribution < 1.29 is 4.79 Å². The Hall–Kier alpha value is -2.86.